The van der Waals surface area contributed by atoms with Gasteiger partial charge in [-0.25, -0.2) is 13.6 Å². The summed E-state index contributed by atoms with van der Waals surface area (Å²) in [6.07, 6.45) is 2.49. The van der Waals surface area contributed by atoms with E-state index in [0.717, 1.165) is 44.3 Å². The summed E-state index contributed by atoms with van der Waals surface area (Å²) < 4.78 is 32.6. The molecule has 1 aromatic rings. The number of carbonyl (C=O) groups is 2. The van der Waals surface area contributed by atoms with Gasteiger partial charge in [0, 0.05) is 63.1 Å². The van der Waals surface area contributed by atoms with Crippen LogP contribution in [0.3, 0.4) is 0 Å². The molecule has 1 saturated carbocycles. The molecule has 0 atom stereocenters. The summed E-state index contributed by atoms with van der Waals surface area (Å²) in [5.74, 6) is -3.40. The van der Waals surface area contributed by atoms with Gasteiger partial charge >= 0.3 is 6.09 Å². The molecule has 0 unspecified atom stereocenters. The highest BCUT2D eigenvalue weighted by Gasteiger charge is 2.50. The predicted octanol–water partition coefficient (Wildman–Crippen LogP) is 5.31. The molecule has 6 nitrogen and oxygen atoms in total. The maximum absolute atomic E-state index is 13.5. The number of carbonyl (C=O) groups excluding carboxylic acids is 2. The highest BCUT2D eigenvalue weighted by Crippen LogP contribution is 2.44. The van der Waals surface area contributed by atoms with Gasteiger partial charge in [-0.05, 0) is 58.9 Å². The molecular weight excluding hydrogens is 464 g/mol. The van der Waals surface area contributed by atoms with Crippen LogP contribution in [0.2, 0.25) is 0 Å². The highest BCUT2D eigenvalue weighted by atomic mass is 19.3. The zero-order valence-electron chi connectivity index (χ0n) is 22.1. The second kappa shape index (κ2) is 10.3. The molecule has 0 radical (unpaired) electrons. The molecule has 36 heavy (non-hydrogen) atoms. The minimum Gasteiger partial charge on any atom is -0.444 e. The molecule has 2 aliphatic heterocycles. The zero-order chi connectivity index (χ0) is 26.1. The van der Waals surface area contributed by atoms with Gasteiger partial charge in [-0.2, -0.15) is 0 Å². The van der Waals surface area contributed by atoms with Crippen molar-refractivity contribution >= 4 is 12.0 Å². The van der Waals surface area contributed by atoms with Crippen LogP contribution in [-0.2, 0) is 16.1 Å². The summed E-state index contributed by atoms with van der Waals surface area (Å²) in [7, 11) is 0. The van der Waals surface area contributed by atoms with Crippen LogP contribution >= 0.6 is 0 Å². The molecule has 2 amide bonds. The first kappa shape index (κ1) is 26.8. The van der Waals surface area contributed by atoms with Crippen LogP contribution < -0.4 is 0 Å². The average Bonchev–Trinajstić information content (AvgIpc) is 2.80. The van der Waals surface area contributed by atoms with Gasteiger partial charge in [-0.15, -0.1) is 0 Å². The van der Waals surface area contributed by atoms with Crippen molar-refractivity contribution in [3.05, 3.63) is 35.9 Å². The van der Waals surface area contributed by atoms with Crippen LogP contribution in [0, 0.1) is 5.92 Å². The Morgan fingerprint density at radius 2 is 1.61 bits per heavy atom. The number of rotatable bonds is 5. The summed E-state index contributed by atoms with van der Waals surface area (Å²) in [6.45, 7) is 11.4. The minimum absolute atomic E-state index is 0.00617. The summed E-state index contributed by atoms with van der Waals surface area (Å²) in [5, 5.41) is 0. The lowest BCUT2D eigenvalue weighted by molar-refractivity contribution is -0.163. The van der Waals surface area contributed by atoms with Crippen molar-refractivity contribution in [2.45, 2.75) is 95.9 Å². The highest BCUT2D eigenvalue weighted by molar-refractivity contribution is 5.80. The lowest BCUT2D eigenvalue weighted by atomic mass is 9.79. The van der Waals surface area contributed by atoms with Crippen LogP contribution in [0.25, 0.3) is 0 Å². The van der Waals surface area contributed by atoms with Crippen molar-refractivity contribution in [3.63, 3.8) is 0 Å². The van der Waals surface area contributed by atoms with Gasteiger partial charge in [0.15, 0.2) is 0 Å². The molecule has 3 aliphatic rings. The quantitative estimate of drug-likeness (QED) is 0.544. The van der Waals surface area contributed by atoms with E-state index in [9.17, 15) is 18.4 Å². The van der Waals surface area contributed by atoms with Crippen molar-refractivity contribution < 1.29 is 23.1 Å². The Morgan fingerprint density at radius 3 is 2.14 bits per heavy atom. The van der Waals surface area contributed by atoms with E-state index in [1.54, 1.807) is 4.90 Å². The molecule has 0 N–H and O–H groups in total. The molecule has 8 heteroatoms. The van der Waals surface area contributed by atoms with E-state index in [2.05, 4.69) is 11.8 Å². The van der Waals surface area contributed by atoms with Crippen LogP contribution in [0.1, 0.15) is 71.8 Å². The first-order chi connectivity index (χ1) is 16.9. The van der Waals surface area contributed by atoms with Crippen molar-refractivity contribution in [3.8, 4) is 0 Å². The van der Waals surface area contributed by atoms with E-state index in [1.807, 2.05) is 56.0 Å². The van der Waals surface area contributed by atoms with Gasteiger partial charge in [0.25, 0.3) is 0 Å². The largest absolute Gasteiger partial charge is 0.444 e. The van der Waals surface area contributed by atoms with Crippen molar-refractivity contribution in [2.24, 2.45) is 5.92 Å². The van der Waals surface area contributed by atoms with Crippen LogP contribution in [-0.4, -0.2) is 76.0 Å². The van der Waals surface area contributed by atoms with E-state index in [0.29, 0.717) is 19.6 Å². The number of alkyl halides is 2. The molecule has 2 saturated heterocycles. The third-order valence-corrected chi connectivity index (χ3v) is 8.08. The summed E-state index contributed by atoms with van der Waals surface area (Å²) >= 11 is 0. The van der Waals surface area contributed by atoms with Crippen LogP contribution in [0.15, 0.2) is 30.3 Å². The number of piperidine rings is 2. The number of hydrogen-bond donors (Lipinski definition) is 0. The summed E-state index contributed by atoms with van der Waals surface area (Å²) in [5.41, 5.74) is 0.521. The maximum atomic E-state index is 13.5. The fourth-order valence-corrected chi connectivity index (χ4v) is 5.77. The fraction of sp³-hybridized carbons (Fsp3) is 0.714. The molecule has 1 aliphatic carbocycles. The van der Waals surface area contributed by atoms with Gasteiger partial charge in [-0.1, -0.05) is 30.3 Å². The van der Waals surface area contributed by atoms with Crippen molar-refractivity contribution in [1.29, 1.82) is 0 Å². The minimum atomic E-state index is -2.70. The number of benzene rings is 1. The molecule has 3 fully saturated rings. The molecule has 1 aromatic carbocycles. The Labute approximate surface area is 213 Å². The fourth-order valence-electron chi connectivity index (χ4n) is 5.77. The maximum Gasteiger partial charge on any atom is 0.410 e. The molecule has 4 rings (SSSR count). The predicted molar refractivity (Wildman–Crippen MR) is 135 cm³/mol. The lowest BCUT2D eigenvalue weighted by Gasteiger charge is -2.50. The van der Waals surface area contributed by atoms with E-state index in [4.69, 9.17) is 4.74 Å². The topological polar surface area (TPSA) is 53.1 Å². The van der Waals surface area contributed by atoms with Gasteiger partial charge in [0.2, 0.25) is 11.8 Å². The van der Waals surface area contributed by atoms with Gasteiger partial charge < -0.3 is 14.5 Å². The molecule has 2 heterocycles. The second-order valence-corrected chi connectivity index (χ2v) is 12.1. The number of amides is 2. The standard InChI is InChI=1S/C28H41F2N3O3/c1-26(2,3)36-25(35)31-16-12-27(4,13-17-31)32-14-10-23(11-15-32)33(20-21-8-6-5-7-9-21)24(34)22-18-28(29,30)19-22/h5-9,22-23H,10-20H2,1-4H3. The third-order valence-electron chi connectivity index (χ3n) is 8.08. The Bertz CT molecular complexity index is 910. The second-order valence-electron chi connectivity index (χ2n) is 12.1. The van der Waals surface area contributed by atoms with E-state index < -0.39 is 17.4 Å². The molecule has 0 bridgehead atoms. The van der Waals surface area contributed by atoms with Gasteiger partial charge in [0.05, 0.1) is 0 Å². The SMILES string of the molecule is CC(C)(C)OC(=O)N1CCC(C)(N2CCC(N(Cc3ccccc3)C(=O)C3CC(F)(F)C3)CC2)CC1. The first-order valence-corrected chi connectivity index (χ1v) is 13.3. The van der Waals surface area contributed by atoms with E-state index >= 15 is 0 Å². The number of halogens is 2. The Hall–Kier alpha value is -2.22. The Balaban J connectivity index is 1.35. The van der Waals surface area contributed by atoms with Crippen LogP contribution in [0.4, 0.5) is 13.6 Å². The van der Waals surface area contributed by atoms with E-state index in [-0.39, 0.29) is 36.4 Å². The summed E-state index contributed by atoms with van der Waals surface area (Å²) in [4.78, 5) is 31.9. The smallest absolute Gasteiger partial charge is 0.410 e. The first-order valence-electron chi connectivity index (χ1n) is 13.3. The Kier molecular flexibility index (Phi) is 7.65. The van der Waals surface area contributed by atoms with Crippen molar-refractivity contribution in [1.82, 2.24) is 14.7 Å². The number of hydrogen-bond acceptors (Lipinski definition) is 4. The summed E-state index contributed by atoms with van der Waals surface area (Å²) in [6, 6.07) is 9.86. The third kappa shape index (κ3) is 6.36. The number of nitrogens with zero attached hydrogens (tertiary/aromatic N) is 3. The van der Waals surface area contributed by atoms with Gasteiger partial charge in [0.1, 0.15) is 5.60 Å². The number of ether oxygens (including phenoxy) is 1. The molecule has 200 valence electrons. The van der Waals surface area contributed by atoms with Gasteiger partial charge in [-0.3, -0.25) is 9.69 Å². The molecule has 0 aromatic heterocycles. The molecule has 0 spiro atoms. The Morgan fingerprint density at radius 1 is 1.03 bits per heavy atom. The van der Waals surface area contributed by atoms with Crippen molar-refractivity contribution in [2.75, 3.05) is 26.2 Å². The zero-order valence-corrected chi connectivity index (χ0v) is 22.1. The lowest BCUT2D eigenvalue weighted by Crippen LogP contribution is -2.59. The number of likely N-dealkylation sites (tertiary alicyclic amines) is 2. The average molecular weight is 506 g/mol. The monoisotopic (exact) mass is 505 g/mol. The normalized spacial score (nSPS) is 23.1. The van der Waals surface area contributed by atoms with E-state index in [1.165, 1.54) is 0 Å². The van der Waals surface area contributed by atoms with Crippen LogP contribution in [0.5, 0.6) is 0 Å². The molecular formula is C28H41F2N3O3.